The Balaban J connectivity index is 1.32. The predicted octanol–water partition coefficient (Wildman–Crippen LogP) is 8.46. The SMILES string of the molecule is c1ccc2c(c1)oc1c(-c3cc4c(cn3)C3C5CCCCC5C4C4CCCCC43)cccc12. The van der Waals surface area contributed by atoms with Gasteiger partial charge in [-0.15, -0.1) is 0 Å². The fourth-order valence-electron chi connectivity index (χ4n) is 8.86. The van der Waals surface area contributed by atoms with Crippen molar-refractivity contribution in [2.75, 3.05) is 0 Å². The average Bonchev–Trinajstić information content (AvgIpc) is 3.27. The number of furan rings is 1. The summed E-state index contributed by atoms with van der Waals surface area (Å²) in [6.45, 7) is 0. The molecule has 5 aliphatic rings. The van der Waals surface area contributed by atoms with E-state index in [1.54, 1.807) is 11.1 Å². The van der Waals surface area contributed by atoms with Crippen LogP contribution in [0.2, 0.25) is 0 Å². The van der Waals surface area contributed by atoms with Crippen LogP contribution in [0.5, 0.6) is 0 Å². The number of benzene rings is 2. The number of rotatable bonds is 1. The fraction of sp³-hybridized carbons (Fsp3) is 0.452. The second kappa shape index (κ2) is 6.95. The van der Waals surface area contributed by atoms with E-state index in [-0.39, 0.29) is 0 Å². The maximum absolute atomic E-state index is 6.38. The van der Waals surface area contributed by atoms with Gasteiger partial charge in [-0.3, -0.25) is 4.98 Å². The van der Waals surface area contributed by atoms with Crippen molar-refractivity contribution in [3.8, 4) is 11.3 Å². The molecule has 4 atom stereocenters. The molecule has 0 amide bonds. The van der Waals surface area contributed by atoms with Crippen LogP contribution in [0.3, 0.4) is 0 Å². The zero-order valence-electron chi connectivity index (χ0n) is 19.2. The first-order chi connectivity index (χ1) is 16.4. The number of aromatic nitrogens is 1. The standard InChI is InChI=1S/C31H31NO/c1-3-11-21-19(9-1)29-20-10-2-4-12-22(20)30(21)26-17-32-27(16-25(26)29)24-14-7-13-23-18-8-5-6-15-28(18)33-31(23)24/h5-8,13-17,19-22,29-30H,1-4,9-12H2. The number of pyridine rings is 1. The van der Waals surface area contributed by atoms with E-state index in [0.29, 0.717) is 0 Å². The quantitative estimate of drug-likeness (QED) is 0.301. The van der Waals surface area contributed by atoms with Crippen LogP contribution in [0.1, 0.15) is 74.3 Å². The van der Waals surface area contributed by atoms with Gasteiger partial charge in [-0.25, -0.2) is 0 Å². The predicted molar refractivity (Wildman–Crippen MR) is 133 cm³/mol. The Kier molecular flexibility index (Phi) is 3.95. The first-order valence-corrected chi connectivity index (χ1v) is 13.3. The van der Waals surface area contributed by atoms with Crippen molar-refractivity contribution >= 4 is 21.9 Å². The molecule has 0 spiro atoms. The molecule has 2 aromatic carbocycles. The van der Waals surface area contributed by atoms with Gasteiger partial charge in [0.25, 0.3) is 0 Å². The van der Waals surface area contributed by atoms with E-state index in [9.17, 15) is 0 Å². The molecule has 0 radical (unpaired) electrons. The summed E-state index contributed by atoms with van der Waals surface area (Å²) in [4.78, 5) is 5.12. The molecule has 5 aliphatic carbocycles. The van der Waals surface area contributed by atoms with E-state index in [0.717, 1.165) is 57.9 Å². The third-order valence-corrected chi connectivity index (χ3v) is 9.96. The van der Waals surface area contributed by atoms with Crippen molar-refractivity contribution in [3.63, 3.8) is 0 Å². The van der Waals surface area contributed by atoms with Crippen LogP contribution >= 0.6 is 0 Å². The summed E-state index contributed by atoms with van der Waals surface area (Å²) in [6, 6.07) is 17.4. The lowest BCUT2D eigenvalue weighted by Crippen LogP contribution is -2.50. The largest absolute Gasteiger partial charge is 0.455 e. The first kappa shape index (κ1) is 18.8. The molecule has 2 heterocycles. The Morgan fingerprint density at radius 3 is 2.03 bits per heavy atom. The topological polar surface area (TPSA) is 26.0 Å². The first-order valence-electron chi connectivity index (χ1n) is 13.3. The van der Waals surface area contributed by atoms with Crippen LogP contribution in [0.15, 0.2) is 59.1 Å². The summed E-state index contributed by atoms with van der Waals surface area (Å²) < 4.78 is 6.38. The minimum Gasteiger partial charge on any atom is -0.455 e. The van der Waals surface area contributed by atoms with E-state index in [4.69, 9.17) is 9.40 Å². The van der Waals surface area contributed by atoms with Crippen molar-refractivity contribution in [1.82, 2.24) is 4.98 Å². The zero-order valence-corrected chi connectivity index (χ0v) is 19.2. The molecule has 2 nitrogen and oxygen atoms in total. The number of nitrogens with zero attached hydrogens (tertiary/aromatic N) is 1. The lowest BCUT2D eigenvalue weighted by molar-refractivity contribution is -0.0140. The van der Waals surface area contributed by atoms with Gasteiger partial charge in [0.05, 0.1) is 5.69 Å². The maximum Gasteiger partial charge on any atom is 0.144 e. The summed E-state index contributed by atoms with van der Waals surface area (Å²) in [5.41, 5.74) is 7.47. The lowest BCUT2D eigenvalue weighted by atomic mass is 9.44. The van der Waals surface area contributed by atoms with Gasteiger partial charge in [-0.2, -0.15) is 0 Å². The van der Waals surface area contributed by atoms with E-state index < -0.39 is 0 Å². The van der Waals surface area contributed by atoms with Gasteiger partial charge in [-0.1, -0.05) is 56.0 Å². The number of hydrogen-bond donors (Lipinski definition) is 0. The van der Waals surface area contributed by atoms with Gasteiger partial charge in [-0.05, 0) is 90.5 Å². The molecule has 3 fully saturated rings. The highest BCUT2D eigenvalue weighted by Gasteiger charge is 2.56. The Morgan fingerprint density at radius 2 is 1.30 bits per heavy atom. The molecule has 4 aromatic rings. The second-order valence-electron chi connectivity index (χ2n) is 11.3. The molecular formula is C31H31NO. The Labute approximate surface area is 195 Å². The summed E-state index contributed by atoms with van der Waals surface area (Å²) in [6.07, 6.45) is 13.9. The summed E-state index contributed by atoms with van der Waals surface area (Å²) >= 11 is 0. The van der Waals surface area contributed by atoms with Gasteiger partial charge in [0.2, 0.25) is 0 Å². The molecule has 2 heteroatoms. The van der Waals surface area contributed by atoms with Crippen LogP contribution in [0.25, 0.3) is 33.2 Å². The van der Waals surface area contributed by atoms with Gasteiger partial charge >= 0.3 is 0 Å². The zero-order chi connectivity index (χ0) is 21.5. The van der Waals surface area contributed by atoms with Gasteiger partial charge in [0.1, 0.15) is 11.2 Å². The number of para-hydroxylation sites is 2. The number of fused-ring (bicyclic) bond motifs is 3. The molecule has 3 saturated carbocycles. The second-order valence-corrected chi connectivity index (χ2v) is 11.3. The van der Waals surface area contributed by atoms with Crippen molar-refractivity contribution in [2.24, 2.45) is 23.7 Å². The molecule has 9 rings (SSSR count). The van der Waals surface area contributed by atoms with Crippen LogP contribution in [-0.4, -0.2) is 4.98 Å². The molecule has 0 N–H and O–H groups in total. The maximum atomic E-state index is 6.38. The van der Waals surface area contributed by atoms with Crippen LogP contribution < -0.4 is 0 Å². The fourth-order valence-corrected chi connectivity index (χ4v) is 8.86. The molecule has 166 valence electrons. The Morgan fingerprint density at radius 1 is 0.667 bits per heavy atom. The Bertz CT molecular complexity index is 1360. The average molecular weight is 434 g/mol. The van der Waals surface area contributed by atoms with E-state index in [1.807, 2.05) is 0 Å². The smallest absolute Gasteiger partial charge is 0.144 e. The molecule has 0 saturated heterocycles. The molecule has 4 unspecified atom stereocenters. The highest BCUT2D eigenvalue weighted by Crippen LogP contribution is 2.67. The Hall–Kier alpha value is -2.61. The van der Waals surface area contributed by atoms with E-state index in [1.165, 1.54) is 62.1 Å². The van der Waals surface area contributed by atoms with Crippen LogP contribution in [0.4, 0.5) is 0 Å². The molecule has 33 heavy (non-hydrogen) atoms. The summed E-state index contributed by atoms with van der Waals surface area (Å²) in [5, 5.41) is 2.39. The molecular weight excluding hydrogens is 402 g/mol. The van der Waals surface area contributed by atoms with E-state index >= 15 is 0 Å². The van der Waals surface area contributed by atoms with E-state index in [2.05, 4.69) is 54.7 Å². The summed E-state index contributed by atoms with van der Waals surface area (Å²) in [7, 11) is 0. The minimum absolute atomic E-state index is 0.761. The monoisotopic (exact) mass is 433 g/mol. The van der Waals surface area contributed by atoms with Crippen molar-refractivity contribution < 1.29 is 4.42 Å². The lowest BCUT2D eigenvalue weighted by Gasteiger charge is -2.60. The van der Waals surface area contributed by atoms with Crippen LogP contribution in [0, 0.1) is 23.7 Å². The normalized spacial score (nSPS) is 32.5. The van der Waals surface area contributed by atoms with Gasteiger partial charge in [0.15, 0.2) is 0 Å². The highest BCUT2D eigenvalue weighted by atomic mass is 16.3. The molecule has 2 aromatic heterocycles. The van der Waals surface area contributed by atoms with Gasteiger partial charge in [0, 0.05) is 22.5 Å². The summed E-state index contributed by atoms with van der Waals surface area (Å²) in [5.74, 6) is 5.19. The molecule has 0 aliphatic heterocycles. The highest BCUT2D eigenvalue weighted by molar-refractivity contribution is 6.09. The van der Waals surface area contributed by atoms with Crippen molar-refractivity contribution in [3.05, 3.63) is 65.9 Å². The third-order valence-electron chi connectivity index (χ3n) is 9.96. The number of hydrogen-bond acceptors (Lipinski definition) is 2. The van der Waals surface area contributed by atoms with Crippen molar-refractivity contribution in [2.45, 2.75) is 63.2 Å². The third kappa shape index (κ3) is 2.53. The van der Waals surface area contributed by atoms with Crippen LogP contribution in [-0.2, 0) is 0 Å². The molecule has 2 bridgehead atoms. The van der Waals surface area contributed by atoms with Crippen molar-refractivity contribution in [1.29, 1.82) is 0 Å². The minimum atomic E-state index is 0.761. The van der Waals surface area contributed by atoms with Gasteiger partial charge < -0.3 is 4.42 Å².